The van der Waals surface area contributed by atoms with Gasteiger partial charge in [0.25, 0.3) is 0 Å². The van der Waals surface area contributed by atoms with Gasteiger partial charge in [-0.3, -0.25) is 4.79 Å². The van der Waals surface area contributed by atoms with E-state index in [1.807, 2.05) is 31.2 Å². The van der Waals surface area contributed by atoms with Crippen molar-refractivity contribution in [2.75, 3.05) is 0 Å². The van der Waals surface area contributed by atoms with E-state index in [9.17, 15) is 9.90 Å². The van der Waals surface area contributed by atoms with E-state index in [1.54, 1.807) is 18.2 Å². The van der Waals surface area contributed by atoms with Gasteiger partial charge in [-0.05, 0) is 36.5 Å². The third-order valence-electron chi connectivity index (χ3n) is 4.21. The van der Waals surface area contributed by atoms with Crippen LogP contribution < -0.4 is 5.43 Å². The van der Waals surface area contributed by atoms with Gasteiger partial charge in [-0.25, -0.2) is 5.43 Å². The van der Waals surface area contributed by atoms with Gasteiger partial charge in [0.2, 0.25) is 5.91 Å². The highest BCUT2D eigenvalue weighted by Crippen LogP contribution is 2.47. The molecule has 0 spiro atoms. The van der Waals surface area contributed by atoms with Crippen LogP contribution in [0.25, 0.3) is 0 Å². The van der Waals surface area contributed by atoms with Crippen LogP contribution in [0.1, 0.15) is 36.8 Å². The number of rotatable bonds is 5. The third kappa shape index (κ3) is 3.42. The van der Waals surface area contributed by atoms with Crippen LogP contribution >= 0.6 is 0 Å². The van der Waals surface area contributed by atoms with Gasteiger partial charge in [0.1, 0.15) is 5.75 Å². The fourth-order valence-electron chi connectivity index (χ4n) is 2.81. The molecule has 3 rings (SSSR count). The molecule has 1 aliphatic rings. The second-order valence-corrected chi connectivity index (χ2v) is 5.76. The summed E-state index contributed by atoms with van der Waals surface area (Å²) in [6, 6.07) is 17.1. The number of phenolic OH excluding ortho intramolecular Hbond substituents is 1. The molecule has 0 aromatic heterocycles. The van der Waals surface area contributed by atoms with E-state index in [1.165, 1.54) is 5.56 Å². The maximum Gasteiger partial charge on any atom is 0.243 e. The summed E-state index contributed by atoms with van der Waals surface area (Å²) in [6.07, 6.45) is 1.49. The Morgan fingerprint density at radius 1 is 1.17 bits per heavy atom. The largest absolute Gasteiger partial charge is 0.507 e. The Kier molecular flexibility index (Phi) is 4.42. The van der Waals surface area contributed by atoms with Gasteiger partial charge >= 0.3 is 0 Å². The molecule has 23 heavy (non-hydrogen) atoms. The number of nitrogens with one attached hydrogen (secondary N) is 1. The molecule has 2 aromatic carbocycles. The predicted octanol–water partition coefficient (Wildman–Crippen LogP) is 3.43. The Hall–Kier alpha value is -2.62. The summed E-state index contributed by atoms with van der Waals surface area (Å²) < 4.78 is 0. The van der Waals surface area contributed by atoms with Crippen LogP contribution in [-0.2, 0) is 4.79 Å². The SMILES string of the molecule is CC/C(=N\NC(=O)[C@@H]1C[C@@H]1c1ccccc1)c1ccccc1O. The Morgan fingerprint density at radius 3 is 2.57 bits per heavy atom. The fraction of sp³-hybridized carbons (Fsp3) is 0.263. The molecule has 2 N–H and O–H groups in total. The predicted molar refractivity (Wildman–Crippen MR) is 90.4 cm³/mol. The van der Waals surface area contributed by atoms with Gasteiger partial charge < -0.3 is 5.11 Å². The molecule has 1 saturated carbocycles. The first-order valence-corrected chi connectivity index (χ1v) is 7.90. The summed E-state index contributed by atoms with van der Waals surface area (Å²) in [5, 5.41) is 14.1. The molecule has 0 unspecified atom stereocenters. The first-order valence-electron chi connectivity index (χ1n) is 7.90. The van der Waals surface area contributed by atoms with Gasteiger partial charge in [0.05, 0.1) is 5.71 Å². The molecular weight excluding hydrogens is 288 g/mol. The zero-order valence-electron chi connectivity index (χ0n) is 13.1. The average Bonchev–Trinajstić information content (AvgIpc) is 3.38. The molecule has 1 amide bonds. The molecular formula is C19H20N2O2. The number of hydrazone groups is 1. The number of hydrogen-bond acceptors (Lipinski definition) is 3. The minimum atomic E-state index is -0.0553. The second kappa shape index (κ2) is 6.65. The van der Waals surface area contributed by atoms with Gasteiger partial charge in [-0.1, -0.05) is 49.4 Å². The number of aromatic hydroxyl groups is 1. The number of para-hydroxylation sites is 1. The van der Waals surface area contributed by atoms with Gasteiger partial charge in [-0.15, -0.1) is 0 Å². The number of hydrogen-bond donors (Lipinski definition) is 2. The molecule has 1 fully saturated rings. The second-order valence-electron chi connectivity index (χ2n) is 5.76. The normalized spacial score (nSPS) is 20.1. The van der Waals surface area contributed by atoms with Crippen LogP contribution in [0, 0.1) is 5.92 Å². The lowest BCUT2D eigenvalue weighted by molar-refractivity contribution is -0.122. The minimum absolute atomic E-state index is 0.0105. The van der Waals surface area contributed by atoms with E-state index in [0.29, 0.717) is 23.6 Å². The van der Waals surface area contributed by atoms with E-state index in [-0.39, 0.29) is 17.6 Å². The first-order chi connectivity index (χ1) is 11.2. The van der Waals surface area contributed by atoms with Crippen molar-refractivity contribution >= 4 is 11.6 Å². The van der Waals surface area contributed by atoms with Crippen molar-refractivity contribution in [1.82, 2.24) is 5.43 Å². The molecule has 2 aromatic rings. The third-order valence-corrected chi connectivity index (χ3v) is 4.21. The number of phenols is 1. The fourth-order valence-corrected chi connectivity index (χ4v) is 2.81. The number of nitrogens with zero attached hydrogens (tertiary/aromatic N) is 1. The summed E-state index contributed by atoms with van der Waals surface area (Å²) in [5.41, 5.74) is 5.19. The van der Waals surface area contributed by atoms with E-state index in [2.05, 4.69) is 22.7 Å². The monoisotopic (exact) mass is 308 g/mol. The van der Waals surface area contributed by atoms with Crippen molar-refractivity contribution in [3.63, 3.8) is 0 Å². The number of benzene rings is 2. The van der Waals surface area contributed by atoms with Crippen LogP contribution in [0.4, 0.5) is 0 Å². The smallest absolute Gasteiger partial charge is 0.243 e. The van der Waals surface area contributed by atoms with Crippen LogP contribution in [0.5, 0.6) is 5.75 Å². The van der Waals surface area contributed by atoms with E-state index >= 15 is 0 Å². The van der Waals surface area contributed by atoms with E-state index in [0.717, 1.165) is 6.42 Å². The highest BCUT2D eigenvalue weighted by atomic mass is 16.3. The van der Waals surface area contributed by atoms with Crippen molar-refractivity contribution in [2.45, 2.75) is 25.7 Å². The van der Waals surface area contributed by atoms with Crippen molar-refractivity contribution in [3.8, 4) is 5.75 Å². The highest BCUT2D eigenvalue weighted by Gasteiger charge is 2.43. The van der Waals surface area contributed by atoms with Crippen LogP contribution in [-0.4, -0.2) is 16.7 Å². The van der Waals surface area contributed by atoms with Crippen molar-refractivity contribution in [1.29, 1.82) is 0 Å². The summed E-state index contributed by atoms with van der Waals surface area (Å²) in [7, 11) is 0. The lowest BCUT2D eigenvalue weighted by Crippen LogP contribution is -2.22. The Morgan fingerprint density at radius 2 is 1.87 bits per heavy atom. The Labute approximate surface area is 135 Å². The van der Waals surface area contributed by atoms with E-state index < -0.39 is 0 Å². The lowest BCUT2D eigenvalue weighted by Gasteiger charge is -2.07. The number of carbonyl (C=O) groups is 1. The summed E-state index contributed by atoms with van der Waals surface area (Å²) in [5.74, 6) is 0.404. The zero-order chi connectivity index (χ0) is 16.2. The van der Waals surface area contributed by atoms with Crippen LogP contribution in [0.2, 0.25) is 0 Å². The van der Waals surface area contributed by atoms with Crippen molar-refractivity contribution in [3.05, 3.63) is 65.7 Å². The Bertz CT molecular complexity index is 725. The molecule has 4 heteroatoms. The lowest BCUT2D eigenvalue weighted by atomic mass is 10.1. The van der Waals surface area contributed by atoms with Crippen LogP contribution in [0.15, 0.2) is 59.7 Å². The maximum absolute atomic E-state index is 12.2. The molecule has 2 atom stereocenters. The summed E-state index contributed by atoms with van der Waals surface area (Å²) in [6.45, 7) is 1.95. The molecule has 0 aliphatic heterocycles. The number of amides is 1. The van der Waals surface area contributed by atoms with Gasteiger partial charge in [-0.2, -0.15) is 5.10 Å². The van der Waals surface area contributed by atoms with E-state index in [4.69, 9.17) is 0 Å². The highest BCUT2D eigenvalue weighted by molar-refractivity contribution is 6.03. The molecule has 4 nitrogen and oxygen atoms in total. The van der Waals surface area contributed by atoms with Gasteiger partial charge in [0.15, 0.2) is 0 Å². The van der Waals surface area contributed by atoms with Gasteiger partial charge in [0, 0.05) is 11.5 Å². The summed E-state index contributed by atoms with van der Waals surface area (Å²) >= 11 is 0. The zero-order valence-corrected chi connectivity index (χ0v) is 13.1. The molecule has 0 radical (unpaired) electrons. The molecule has 0 bridgehead atoms. The molecule has 0 heterocycles. The average molecular weight is 308 g/mol. The molecule has 1 aliphatic carbocycles. The molecule has 0 saturated heterocycles. The quantitative estimate of drug-likeness (QED) is 0.656. The summed E-state index contributed by atoms with van der Waals surface area (Å²) in [4.78, 5) is 12.2. The first kappa shape index (κ1) is 15.3. The van der Waals surface area contributed by atoms with Crippen molar-refractivity contribution in [2.24, 2.45) is 11.0 Å². The Balaban J connectivity index is 1.65. The van der Waals surface area contributed by atoms with Crippen molar-refractivity contribution < 1.29 is 9.90 Å². The number of carbonyl (C=O) groups excluding carboxylic acids is 1. The maximum atomic E-state index is 12.2. The standard InChI is InChI=1S/C19H20N2O2/c1-2-17(14-10-6-7-11-18(14)22)20-21-19(23)16-12-15(16)13-8-4-3-5-9-13/h3-11,15-16,22H,2,12H2,1H3,(H,21,23)/b20-17+/t15-,16-/m1/s1. The topological polar surface area (TPSA) is 61.7 Å². The van der Waals surface area contributed by atoms with Crippen LogP contribution in [0.3, 0.4) is 0 Å². The minimum Gasteiger partial charge on any atom is -0.507 e. The molecule has 118 valence electrons.